The first kappa shape index (κ1) is 11.0. The molecule has 3 heteroatoms. The highest BCUT2D eigenvalue weighted by Crippen LogP contribution is 2.27. The summed E-state index contributed by atoms with van der Waals surface area (Å²) in [5, 5.41) is 0.926. The average molecular weight is 231 g/mol. The van der Waals surface area contributed by atoms with Crippen LogP contribution in [0.1, 0.15) is 25.8 Å². The smallest absolute Gasteiger partial charge is 0.162 e. The number of nitrogens with zero attached hydrogens (tertiary/aromatic N) is 1. The van der Waals surface area contributed by atoms with Crippen LogP contribution in [0, 0.1) is 20.8 Å². The Morgan fingerprint density at radius 1 is 1.19 bits per heavy atom. The van der Waals surface area contributed by atoms with Gasteiger partial charge in [-0.1, -0.05) is 12.1 Å². The van der Waals surface area contributed by atoms with Gasteiger partial charge in [0.05, 0.1) is 15.6 Å². The second-order valence-electron chi connectivity index (χ2n) is 3.86. The molecule has 2 nitrogen and oxygen atoms in total. The molecule has 0 saturated heterocycles. The molecule has 0 aliphatic rings. The minimum Gasteiger partial charge on any atom is -0.297 e. The van der Waals surface area contributed by atoms with E-state index in [0.29, 0.717) is 4.88 Å². The monoisotopic (exact) mass is 231 g/mol. The number of rotatable bonds is 2. The van der Waals surface area contributed by atoms with Gasteiger partial charge in [-0.3, -0.25) is 4.79 Å². The predicted molar refractivity (Wildman–Crippen MR) is 67.1 cm³/mol. The molecular weight excluding hydrogens is 218 g/mol. The van der Waals surface area contributed by atoms with E-state index >= 15 is 0 Å². The van der Waals surface area contributed by atoms with E-state index in [0.717, 1.165) is 22.6 Å². The fourth-order valence-electron chi connectivity index (χ4n) is 1.62. The predicted octanol–water partition coefficient (Wildman–Crippen LogP) is 3.55. The summed E-state index contributed by atoms with van der Waals surface area (Å²) >= 11 is 1.44. The van der Waals surface area contributed by atoms with Gasteiger partial charge in [-0.15, -0.1) is 11.3 Å². The number of carbonyl (C=O) groups is 1. The van der Waals surface area contributed by atoms with Crippen molar-refractivity contribution < 1.29 is 4.79 Å². The van der Waals surface area contributed by atoms with Gasteiger partial charge in [0.1, 0.15) is 0 Å². The topological polar surface area (TPSA) is 30.0 Å². The first-order valence-corrected chi connectivity index (χ1v) is 5.93. The lowest BCUT2D eigenvalue weighted by molar-refractivity contribution is 0.112. The van der Waals surface area contributed by atoms with E-state index in [2.05, 4.69) is 31.0 Å². The molecule has 0 radical (unpaired) electrons. The van der Waals surface area contributed by atoms with Gasteiger partial charge in [0.2, 0.25) is 0 Å². The van der Waals surface area contributed by atoms with E-state index in [1.807, 2.05) is 13.0 Å². The van der Waals surface area contributed by atoms with Crippen molar-refractivity contribution in [1.82, 2.24) is 4.98 Å². The normalized spacial score (nSPS) is 10.4. The number of aldehydes is 1. The molecule has 82 valence electrons. The van der Waals surface area contributed by atoms with Crippen LogP contribution in [0.15, 0.2) is 18.2 Å². The molecule has 0 spiro atoms. The summed E-state index contributed by atoms with van der Waals surface area (Å²) in [6.07, 6.45) is 0.884. The zero-order chi connectivity index (χ0) is 11.7. The van der Waals surface area contributed by atoms with Crippen molar-refractivity contribution in [1.29, 1.82) is 0 Å². The molecule has 16 heavy (non-hydrogen) atoms. The van der Waals surface area contributed by atoms with Gasteiger partial charge in [-0.05, 0) is 38.0 Å². The quantitative estimate of drug-likeness (QED) is 0.740. The molecule has 0 fully saturated rings. The minimum atomic E-state index is 0.709. The molecule has 2 aromatic rings. The van der Waals surface area contributed by atoms with Crippen molar-refractivity contribution in [3.05, 3.63) is 39.2 Å². The SMILES string of the molecule is Cc1nc(-c2ccc(C)c(C)c2)c(C=O)s1. The Hall–Kier alpha value is -1.48. The van der Waals surface area contributed by atoms with E-state index in [1.54, 1.807) is 0 Å². The van der Waals surface area contributed by atoms with Crippen LogP contribution in [0.4, 0.5) is 0 Å². The number of hydrogen-bond donors (Lipinski definition) is 0. The molecule has 0 aliphatic heterocycles. The summed E-state index contributed by atoms with van der Waals surface area (Å²) in [6, 6.07) is 6.16. The zero-order valence-corrected chi connectivity index (χ0v) is 10.4. The minimum absolute atomic E-state index is 0.709. The van der Waals surface area contributed by atoms with Crippen molar-refractivity contribution in [3.63, 3.8) is 0 Å². The fourth-order valence-corrected chi connectivity index (χ4v) is 2.38. The molecule has 0 N–H and O–H groups in total. The second-order valence-corrected chi connectivity index (χ2v) is 5.10. The molecule has 0 aliphatic carbocycles. The lowest BCUT2D eigenvalue weighted by atomic mass is 10.0. The molecule has 0 bridgehead atoms. The van der Waals surface area contributed by atoms with Crippen LogP contribution in [-0.2, 0) is 0 Å². The van der Waals surface area contributed by atoms with Crippen molar-refractivity contribution >= 4 is 17.6 Å². The summed E-state index contributed by atoms with van der Waals surface area (Å²) in [6.45, 7) is 6.06. The highest BCUT2D eigenvalue weighted by atomic mass is 32.1. The summed E-state index contributed by atoms with van der Waals surface area (Å²) < 4.78 is 0. The van der Waals surface area contributed by atoms with Crippen molar-refractivity contribution in [2.45, 2.75) is 20.8 Å². The number of carbonyl (C=O) groups excluding carboxylic acids is 1. The van der Waals surface area contributed by atoms with Gasteiger partial charge in [-0.25, -0.2) is 4.98 Å². The first-order chi connectivity index (χ1) is 7.61. The summed E-state index contributed by atoms with van der Waals surface area (Å²) in [5.41, 5.74) is 4.30. The number of aromatic nitrogens is 1. The van der Waals surface area contributed by atoms with Crippen LogP contribution in [-0.4, -0.2) is 11.3 Å². The van der Waals surface area contributed by atoms with Crippen LogP contribution < -0.4 is 0 Å². The molecule has 1 heterocycles. The fraction of sp³-hybridized carbons (Fsp3) is 0.231. The van der Waals surface area contributed by atoms with E-state index in [1.165, 1.54) is 22.5 Å². The van der Waals surface area contributed by atoms with Gasteiger partial charge in [0.15, 0.2) is 6.29 Å². The van der Waals surface area contributed by atoms with E-state index in [-0.39, 0.29) is 0 Å². The second kappa shape index (κ2) is 4.18. The molecule has 0 saturated carbocycles. The maximum atomic E-state index is 10.9. The number of aryl methyl sites for hydroxylation is 3. The number of thiazole rings is 1. The number of hydrogen-bond acceptors (Lipinski definition) is 3. The Bertz CT molecular complexity index is 543. The van der Waals surface area contributed by atoms with E-state index in [4.69, 9.17) is 0 Å². The Balaban J connectivity index is 2.57. The summed E-state index contributed by atoms with van der Waals surface area (Å²) in [5.74, 6) is 0. The van der Waals surface area contributed by atoms with Gasteiger partial charge < -0.3 is 0 Å². The molecule has 1 aromatic carbocycles. The van der Waals surface area contributed by atoms with Gasteiger partial charge in [-0.2, -0.15) is 0 Å². The summed E-state index contributed by atoms with van der Waals surface area (Å²) in [7, 11) is 0. The number of benzene rings is 1. The van der Waals surface area contributed by atoms with Crippen molar-refractivity contribution in [2.24, 2.45) is 0 Å². The van der Waals surface area contributed by atoms with Gasteiger partial charge in [0.25, 0.3) is 0 Å². The highest BCUT2D eigenvalue weighted by Gasteiger charge is 2.10. The maximum absolute atomic E-state index is 10.9. The zero-order valence-electron chi connectivity index (χ0n) is 9.57. The van der Waals surface area contributed by atoms with Crippen LogP contribution in [0.2, 0.25) is 0 Å². The lowest BCUT2D eigenvalue weighted by Crippen LogP contribution is -1.87. The Kier molecular flexibility index (Phi) is 2.88. The molecular formula is C13H13NOS. The van der Waals surface area contributed by atoms with E-state index in [9.17, 15) is 4.79 Å². The van der Waals surface area contributed by atoms with Crippen LogP contribution in [0.3, 0.4) is 0 Å². The molecule has 1 aromatic heterocycles. The standard InChI is InChI=1S/C13H13NOS/c1-8-4-5-11(6-9(8)2)13-12(7-15)16-10(3)14-13/h4-7H,1-3H3. The third kappa shape index (κ3) is 1.91. The largest absolute Gasteiger partial charge is 0.297 e. The maximum Gasteiger partial charge on any atom is 0.162 e. The van der Waals surface area contributed by atoms with Crippen molar-refractivity contribution in [3.8, 4) is 11.3 Å². The third-order valence-corrected chi connectivity index (χ3v) is 3.54. The lowest BCUT2D eigenvalue weighted by Gasteiger charge is -2.03. The molecule has 0 unspecified atom stereocenters. The van der Waals surface area contributed by atoms with Gasteiger partial charge >= 0.3 is 0 Å². The Labute approximate surface area is 99.0 Å². The summed E-state index contributed by atoms with van der Waals surface area (Å²) in [4.78, 5) is 16.1. The Morgan fingerprint density at radius 3 is 2.56 bits per heavy atom. The molecule has 2 rings (SSSR count). The Morgan fingerprint density at radius 2 is 1.94 bits per heavy atom. The van der Waals surface area contributed by atoms with Crippen LogP contribution in [0.5, 0.6) is 0 Å². The average Bonchev–Trinajstić information content (AvgIpc) is 2.63. The molecule has 0 atom stereocenters. The van der Waals surface area contributed by atoms with Crippen LogP contribution in [0.25, 0.3) is 11.3 Å². The van der Waals surface area contributed by atoms with Crippen molar-refractivity contribution in [2.75, 3.05) is 0 Å². The molecule has 0 amide bonds. The third-order valence-electron chi connectivity index (χ3n) is 2.65. The van der Waals surface area contributed by atoms with E-state index < -0.39 is 0 Å². The van der Waals surface area contributed by atoms with Crippen LogP contribution >= 0.6 is 11.3 Å². The highest BCUT2D eigenvalue weighted by molar-refractivity contribution is 7.13. The first-order valence-electron chi connectivity index (χ1n) is 5.12. The van der Waals surface area contributed by atoms with Gasteiger partial charge in [0, 0.05) is 5.56 Å².